The van der Waals surface area contributed by atoms with Gasteiger partial charge in [0.15, 0.2) is 0 Å². The summed E-state index contributed by atoms with van der Waals surface area (Å²) in [5, 5.41) is 17.4. The molecular formula is C7H4AgClN3O5S+. The molecule has 1 heterocycles. The Balaban J connectivity index is 0.00000162. The van der Waals surface area contributed by atoms with Gasteiger partial charge < -0.3 is 5.11 Å². The number of benzene rings is 1. The van der Waals surface area contributed by atoms with E-state index in [9.17, 15) is 13.2 Å². The van der Waals surface area contributed by atoms with Crippen molar-refractivity contribution in [1.29, 1.82) is 0 Å². The van der Waals surface area contributed by atoms with Crippen LogP contribution in [0, 0.1) is 0 Å². The minimum atomic E-state index is -4.70. The van der Waals surface area contributed by atoms with E-state index in [1.54, 1.807) is 0 Å². The molecule has 100 valence electrons. The molecule has 18 heavy (non-hydrogen) atoms. The number of carboxylic acid groups (broad SMARTS) is 1. The fourth-order valence-electron chi connectivity index (χ4n) is 1.32. The SMILES string of the molecule is O=C(O)c1cc2n[nH]nc2c(S(=O)(=O)O)c1Cl.[Ag+]. The van der Waals surface area contributed by atoms with E-state index in [1.165, 1.54) is 0 Å². The van der Waals surface area contributed by atoms with E-state index in [0.717, 1.165) is 6.07 Å². The average Bonchev–Trinajstić information content (AvgIpc) is 2.60. The van der Waals surface area contributed by atoms with Crippen LogP contribution in [-0.4, -0.2) is 39.5 Å². The van der Waals surface area contributed by atoms with Crippen molar-refractivity contribution in [2.24, 2.45) is 0 Å². The predicted octanol–water partition coefficient (Wildman–Crippen LogP) is 0.554. The molecule has 11 heteroatoms. The second kappa shape index (κ2) is 4.96. The number of hydrogen-bond donors (Lipinski definition) is 3. The van der Waals surface area contributed by atoms with E-state index in [4.69, 9.17) is 21.3 Å². The van der Waals surface area contributed by atoms with Gasteiger partial charge in [-0.15, -0.1) is 0 Å². The Morgan fingerprint density at radius 2 is 2.00 bits per heavy atom. The normalized spacial score (nSPS) is 11.2. The minimum absolute atomic E-state index is 0. The van der Waals surface area contributed by atoms with E-state index in [-0.39, 0.29) is 33.4 Å². The van der Waals surface area contributed by atoms with Crippen LogP contribution in [0.5, 0.6) is 0 Å². The van der Waals surface area contributed by atoms with Gasteiger partial charge in [-0.05, 0) is 6.07 Å². The summed E-state index contributed by atoms with van der Waals surface area (Å²) >= 11 is 5.62. The Morgan fingerprint density at radius 3 is 2.50 bits per heavy atom. The molecule has 0 spiro atoms. The van der Waals surface area contributed by atoms with E-state index in [0.29, 0.717) is 0 Å². The summed E-state index contributed by atoms with van der Waals surface area (Å²) in [6, 6.07) is 1.05. The number of aromatic amines is 1. The molecule has 0 aliphatic carbocycles. The van der Waals surface area contributed by atoms with Crippen molar-refractivity contribution in [2.45, 2.75) is 4.90 Å². The molecule has 1 aromatic carbocycles. The molecule has 0 unspecified atom stereocenters. The van der Waals surface area contributed by atoms with E-state index < -0.39 is 31.6 Å². The summed E-state index contributed by atoms with van der Waals surface area (Å²) in [5.74, 6) is -1.44. The number of halogens is 1. The quantitative estimate of drug-likeness (QED) is 0.508. The molecule has 0 aliphatic heterocycles. The monoisotopic (exact) mass is 384 g/mol. The van der Waals surface area contributed by atoms with Crippen LogP contribution in [0.15, 0.2) is 11.0 Å². The topological polar surface area (TPSA) is 133 Å². The van der Waals surface area contributed by atoms with Crippen LogP contribution in [0.4, 0.5) is 0 Å². The number of fused-ring (bicyclic) bond motifs is 1. The van der Waals surface area contributed by atoms with Crippen LogP contribution in [-0.2, 0) is 32.5 Å². The number of H-pyrrole nitrogens is 1. The van der Waals surface area contributed by atoms with Gasteiger partial charge in [-0.3, -0.25) is 4.55 Å². The number of aromatic nitrogens is 3. The maximum atomic E-state index is 11.1. The molecule has 3 N–H and O–H groups in total. The maximum Gasteiger partial charge on any atom is 1.00 e. The Kier molecular flexibility index (Phi) is 4.15. The summed E-state index contributed by atoms with van der Waals surface area (Å²) in [7, 11) is -4.70. The summed E-state index contributed by atoms with van der Waals surface area (Å²) in [6.45, 7) is 0. The van der Waals surface area contributed by atoms with Crippen molar-refractivity contribution in [3.63, 3.8) is 0 Å². The zero-order valence-electron chi connectivity index (χ0n) is 8.18. The van der Waals surface area contributed by atoms with Crippen molar-refractivity contribution in [3.05, 3.63) is 16.7 Å². The van der Waals surface area contributed by atoms with E-state index in [2.05, 4.69) is 15.4 Å². The predicted molar refractivity (Wildman–Crippen MR) is 55.7 cm³/mol. The number of nitrogens with zero attached hydrogens (tertiary/aromatic N) is 2. The van der Waals surface area contributed by atoms with Gasteiger partial charge in [-0.25, -0.2) is 4.79 Å². The molecule has 0 amide bonds. The molecule has 0 aliphatic rings. The summed E-state index contributed by atoms with van der Waals surface area (Å²) in [5.41, 5.74) is -0.734. The third-order valence-corrected chi connectivity index (χ3v) is 3.41. The number of carboxylic acids is 1. The van der Waals surface area contributed by atoms with Crippen molar-refractivity contribution < 1.29 is 45.3 Å². The first-order valence-electron chi connectivity index (χ1n) is 4.06. The number of carbonyl (C=O) groups is 1. The van der Waals surface area contributed by atoms with Crippen molar-refractivity contribution in [2.75, 3.05) is 0 Å². The number of rotatable bonds is 2. The summed E-state index contributed by atoms with van der Waals surface area (Å²) in [4.78, 5) is 10.1. The van der Waals surface area contributed by atoms with Gasteiger partial charge in [0.25, 0.3) is 10.1 Å². The van der Waals surface area contributed by atoms with Gasteiger partial charge in [0.1, 0.15) is 15.9 Å². The molecule has 0 bridgehead atoms. The zero-order valence-corrected chi connectivity index (χ0v) is 11.2. The Bertz CT molecular complexity index is 728. The first-order valence-corrected chi connectivity index (χ1v) is 5.88. The molecule has 0 atom stereocenters. The van der Waals surface area contributed by atoms with Crippen LogP contribution in [0.3, 0.4) is 0 Å². The Labute approximate surface area is 121 Å². The fourth-order valence-corrected chi connectivity index (χ4v) is 2.57. The van der Waals surface area contributed by atoms with Crippen molar-refractivity contribution in [1.82, 2.24) is 15.4 Å². The molecule has 0 fully saturated rings. The Morgan fingerprint density at radius 1 is 1.39 bits per heavy atom. The van der Waals surface area contributed by atoms with Crippen molar-refractivity contribution >= 4 is 38.7 Å². The molecule has 1 aromatic heterocycles. The molecular weight excluding hydrogens is 381 g/mol. The first kappa shape index (κ1) is 15.1. The van der Waals surface area contributed by atoms with Gasteiger partial charge in [-0.2, -0.15) is 23.8 Å². The third kappa shape index (κ3) is 2.41. The van der Waals surface area contributed by atoms with Crippen LogP contribution < -0.4 is 0 Å². The minimum Gasteiger partial charge on any atom is -0.478 e. The van der Waals surface area contributed by atoms with Gasteiger partial charge >= 0.3 is 28.3 Å². The molecule has 0 saturated carbocycles. The zero-order chi connectivity index (χ0) is 12.8. The summed E-state index contributed by atoms with van der Waals surface area (Å²) < 4.78 is 31.3. The smallest absolute Gasteiger partial charge is 0.478 e. The second-order valence-corrected chi connectivity index (χ2v) is 4.78. The van der Waals surface area contributed by atoms with Crippen LogP contribution in [0.1, 0.15) is 10.4 Å². The third-order valence-electron chi connectivity index (χ3n) is 2.00. The first-order chi connectivity index (χ1) is 7.82. The van der Waals surface area contributed by atoms with E-state index >= 15 is 0 Å². The van der Waals surface area contributed by atoms with Crippen molar-refractivity contribution in [3.8, 4) is 0 Å². The maximum absolute atomic E-state index is 11.1. The molecule has 2 aromatic rings. The van der Waals surface area contributed by atoms with Crippen LogP contribution in [0.2, 0.25) is 5.02 Å². The molecule has 0 saturated heterocycles. The fraction of sp³-hybridized carbons (Fsp3) is 0. The summed E-state index contributed by atoms with van der Waals surface area (Å²) in [6.07, 6.45) is 0. The van der Waals surface area contributed by atoms with Crippen LogP contribution in [0.25, 0.3) is 11.0 Å². The average molecular weight is 386 g/mol. The van der Waals surface area contributed by atoms with Gasteiger partial charge in [-0.1, -0.05) is 11.6 Å². The van der Waals surface area contributed by atoms with Gasteiger partial charge in [0.05, 0.1) is 10.6 Å². The standard InChI is InChI=1S/C7H4ClN3O5S.Ag/c8-4-2(7(12)13)1-3-5(10-11-9-3)6(4)17(14,15)16;/h1H,(H,12,13)(H,9,10,11)(H,14,15,16);/q;+1. The van der Waals surface area contributed by atoms with Gasteiger partial charge in [0.2, 0.25) is 0 Å². The van der Waals surface area contributed by atoms with E-state index in [1.807, 2.05) is 0 Å². The molecule has 2 rings (SSSR count). The molecule has 8 nitrogen and oxygen atoms in total. The second-order valence-electron chi connectivity index (χ2n) is 3.04. The van der Waals surface area contributed by atoms with Gasteiger partial charge in [0, 0.05) is 0 Å². The number of hydrogen-bond acceptors (Lipinski definition) is 5. The van der Waals surface area contributed by atoms with Crippen LogP contribution >= 0.6 is 11.6 Å². The number of nitrogens with one attached hydrogen (secondary N) is 1. The largest absolute Gasteiger partial charge is 1.00 e. The molecule has 0 radical (unpaired) electrons. The Hall–Kier alpha value is -0.970. The number of aromatic carboxylic acids is 1.